The minimum absolute atomic E-state index is 0. The molecule has 0 aromatic heterocycles. The Kier molecular flexibility index (Phi) is 8.85. The second-order valence-electron chi connectivity index (χ2n) is 5.29. The Bertz CT molecular complexity index is 587. The lowest BCUT2D eigenvalue weighted by Crippen LogP contribution is -2.42. The Balaban J connectivity index is 0.00000264. The summed E-state index contributed by atoms with van der Waals surface area (Å²) in [5, 5.41) is 3.12. The largest absolute Gasteiger partial charge is 0.355 e. The highest BCUT2D eigenvalue weighted by atomic mass is 127. The van der Waals surface area contributed by atoms with E-state index in [4.69, 9.17) is 0 Å². The van der Waals surface area contributed by atoms with Crippen molar-refractivity contribution in [1.82, 2.24) is 14.9 Å². The second-order valence-corrected chi connectivity index (χ2v) is 7.22. The van der Waals surface area contributed by atoms with E-state index in [9.17, 15) is 8.42 Å². The van der Waals surface area contributed by atoms with Crippen LogP contribution in [-0.2, 0) is 16.6 Å². The Hall–Kier alpha value is -0.870. The number of hydrogen-bond donors (Lipinski definition) is 2. The molecule has 0 amide bonds. The van der Waals surface area contributed by atoms with Crippen LogP contribution >= 0.6 is 24.0 Å². The van der Waals surface area contributed by atoms with Crippen molar-refractivity contribution in [3.63, 3.8) is 0 Å². The lowest BCUT2D eigenvalue weighted by molar-refractivity contribution is 0.495. The average Bonchev–Trinajstić information content (AvgIpc) is 3.05. The van der Waals surface area contributed by atoms with Gasteiger partial charge in [0.05, 0.1) is 5.75 Å². The normalized spacial score (nSPS) is 15.3. The third kappa shape index (κ3) is 7.05. The van der Waals surface area contributed by atoms with Crippen molar-refractivity contribution >= 4 is 40.0 Å². The number of likely N-dealkylation sites (tertiary alicyclic amines) is 1. The lowest BCUT2D eigenvalue weighted by atomic mass is 10.2. The topological polar surface area (TPSA) is 73.8 Å². The van der Waals surface area contributed by atoms with Gasteiger partial charge in [-0.05, 0) is 18.4 Å². The summed E-state index contributed by atoms with van der Waals surface area (Å²) in [6.07, 6.45) is 2.33. The molecular formula is C15H25IN4O2S. The van der Waals surface area contributed by atoms with Gasteiger partial charge in [0, 0.05) is 33.2 Å². The summed E-state index contributed by atoms with van der Waals surface area (Å²) in [6.45, 7) is 2.65. The lowest BCUT2D eigenvalue weighted by Gasteiger charge is -2.20. The molecule has 6 nitrogen and oxygen atoms in total. The highest BCUT2D eigenvalue weighted by Gasteiger charge is 2.16. The summed E-state index contributed by atoms with van der Waals surface area (Å²) in [4.78, 5) is 6.36. The number of guanidine groups is 1. The smallest absolute Gasteiger partial charge is 0.213 e. The van der Waals surface area contributed by atoms with Gasteiger partial charge in [0.2, 0.25) is 10.0 Å². The first-order valence-electron chi connectivity index (χ1n) is 7.57. The van der Waals surface area contributed by atoms with Gasteiger partial charge in [-0.25, -0.2) is 13.1 Å². The molecule has 0 saturated carbocycles. The van der Waals surface area contributed by atoms with Crippen LogP contribution in [-0.4, -0.2) is 51.7 Å². The molecule has 0 radical (unpaired) electrons. The van der Waals surface area contributed by atoms with Crippen molar-refractivity contribution in [1.29, 1.82) is 0 Å². The highest BCUT2D eigenvalue weighted by molar-refractivity contribution is 14.0. The fraction of sp³-hybridized carbons (Fsp3) is 0.533. The van der Waals surface area contributed by atoms with Crippen LogP contribution in [0.1, 0.15) is 18.4 Å². The molecule has 2 rings (SSSR count). The van der Waals surface area contributed by atoms with Gasteiger partial charge in [-0.2, -0.15) is 0 Å². The van der Waals surface area contributed by atoms with Crippen molar-refractivity contribution < 1.29 is 8.42 Å². The van der Waals surface area contributed by atoms with E-state index in [-0.39, 0.29) is 29.7 Å². The number of benzene rings is 1. The van der Waals surface area contributed by atoms with Crippen LogP contribution in [0, 0.1) is 0 Å². The second kappa shape index (κ2) is 10.1. The van der Waals surface area contributed by atoms with Gasteiger partial charge < -0.3 is 10.2 Å². The van der Waals surface area contributed by atoms with Crippen LogP contribution in [0.15, 0.2) is 35.3 Å². The van der Waals surface area contributed by atoms with Crippen molar-refractivity contribution in [2.75, 3.05) is 32.4 Å². The minimum atomic E-state index is -3.29. The molecule has 1 aromatic carbocycles. The number of aliphatic imine (C=N–C) groups is 1. The zero-order valence-corrected chi connectivity index (χ0v) is 16.5. The maximum absolute atomic E-state index is 12.0. The number of halogens is 1. The summed E-state index contributed by atoms with van der Waals surface area (Å²) in [7, 11) is -1.57. The number of sulfonamides is 1. The molecule has 1 aliphatic heterocycles. The zero-order valence-electron chi connectivity index (χ0n) is 13.4. The molecule has 1 aliphatic rings. The molecule has 0 spiro atoms. The molecule has 23 heavy (non-hydrogen) atoms. The molecule has 2 N–H and O–H groups in total. The Morgan fingerprint density at radius 2 is 1.87 bits per heavy atom. The molecule has 1 fully saturated rings. The molecular weight excluding hydrogens is 427 g/mol. The molecule has 1 heterocycles. The SMILES string of the molecule is CN=C(NCCS(=O)(=O)NCc1ccccc1)N1CCCC1.I. The molecule has 130 valence electrons. The summed E-state index contributed by atoms with van der Waals surface area (Å²) in [6, 6.07) is 9.49. The summed E-state index contributed by atoms with van der Waals surface area (Å²) in [5.41, 5.74) is 0.951. The van der Waals surface area contributed by atoms with E-state index in [1.165, 1.54) is 0 Å². The maximum Gasteiger partial charge on any atom is 0.213 e. The van der Waals surface area contributed by atoms with Gasteiger partial charge in [-0.15, -0.1) is 24.0 Å². The standard InChI is InChI=1S/C15H24N4O2S.HI/c1-16-15(19-10-5-6-11-19)17-9-12-22(20,21)18-13-14-7-3-2-4-8-14;/h2-4,7-8,18H,5-6,9-13H2,1H3,(H,16,17);1H. The van der Waals surface area contributed by atoms with Crippen LogP contribution in [0.25, 0.3) is 0 Å². The van der Waals surface area contributed by atoms with Gasteiger partial charge >= 0.3 is 0 Å². The minimum Gasteiger partial charge on any atom is -0.355 e. The van der Waals surface area contributed by atoms with Crippen LogP contribution in [0.4, 0.5) is 0 Å². The first kappa shape index (κ1) is 20.2. The maximum atomic E-state index is 12.0. The van der Waals surface area contributed by atoms with E-state index in [1.807, 2.05) is 30.3 Å². The Morgan fingerprint density at radius 3 is 2.48 bits per heavy atom. The molecule has 0 unspecified atom stereocenters. The van der Waals surface area contributed by atoms with Gasteiger partial charge in [-0.3, -0.25) is 4.99 Å². The summed E-state index contributed by atoms with van der Waals surface area (Å²) < 4.78 is 26.6. The van der Waals surface area contributed by atoms with E-state index in [2.05, 4.69) is 19.9 Å². The van der Waals surface area contributed by atoms with Crippen LogP contribution in [0.3, 0.4) is 0 Å². The van der Waals surface area contributed by atoms with Crippen LogP contribution in [0.2, 0.25) is 0 Å². The molecule has 0 aliphatic carbocycles. The third-order valence-electron chi connectivity index (χ3n) is 3.61. The van der Waals surface area contributed by atoms with Crippen molar-refractivity contribution in [3.8, 4) is 0 Å². The summed E-state index contributed by atoms with van der Waals surface area (Å²) >= 11 is 0. The van der Waals surface area contributed by atoms with Gasteiger partial charge in [0.15, 0.2) is 5.96 Å². The number of nitrogens with one attached hydrogen (secondary N) is 2. The molecule has 8 heteroatoms. The molecule has 0 bridgehead atoms. The molecule has 0 atom stereocenters. The molecule has 1 aromatic rings. The quantitative estimate of drug-likeness (QED) is 0.389. The van der Waals surface area contributed by atoms with E-state index in [0.717, 1.165) is 37.5 Å². The predicted molar refractivity (Wildman–Crippen MR) is 105 cm³/mol. The Labute approximate surface area is 155 Å². The first-order valence-corrected chi connectivity index (χ1v) is 9.23. The van der Waals surface area contributed by atoms with Crippen molar-refractivity contribution in [3.05, 3.63) is 35.9 Å². The van der Waals surface area contributed by atoms with E-state index in [1.54, 1.807) is 7.05 Å². The van der Waals surface area contributed by atoms with Gasteiger partial charge in [0.1, 0.15) is 0 Å². The zero-order chi connectivity index (χ0) is 15.8. The van der Waals surface area contributed by atoms with E-state index < -0.39 is 10.0 Å². The van der Waals surface area contributed by atoms with E-state index >= 15 is 0 Å². The van der Waals surface area contributed by atoms with Gasteiger partial charge in [0.25, 0.3) is 0 Å². The van der Waals surface area contributed by atoms with Crippen molar-refractivity contribution in [2.45, 2.75) is 19.4 Å². The summed E-state index contributed by atoms with van der Waals surface area (Å²) in [5.74, 6) is 0.822. The fourth-order valence-corrected chi connectivity index (χ4v) is 3.32. The average molecular weight is 452 g/mol. The van der Waals surface area contributed by atoms with Crippen LogP contribution < -0.4 is 10.0 Å². The monoisotopic (exact) mass is 452 g/mol. The van der Waals surface area contributed by atoms with Gasteiger partial charge in [-0.1, -0.05) is 30.3 Å². The molecule has 1 saturated heterocycles. The number of nitrogens with zero attached hydrogens (tertiary/aromatic N) is 2. The number of rotatable bonds is 6. The third-order valence-corrected chi connectivity index (χ3v) is 4.94. The van der Waals surface area contributed by atoms with Crippen LogP contribution in [0.5, 0.6) is 0 Å². The number of hydrogen-bond acceptors (Lipinski definition) is 3. The predicted octanol–water partition coefficient (Wildman–Crippen LogP) is 1.40. The fourth-order valence-electron chi connectivity index (χ4n) is 2.42. The Morgan fingerprint density at radius 1 is 1.22 bits per heavy atom. The highest BCUT2D eigenvalue weighted by Crippen LogP contribution is 2.07. The van der Waals surface area contributed by atoms with E-state index in [0.29, 0.717) is 13.1 Å². The van der Waals surface area contributed by atoms with Crippen molar-refractivity contribution in [2.24, 2.45) is 4.99 Å². The first-order chi connectivity index (χ1) is 10.6.